The Kier molecular flexibility index (Phi) is 10.9. The quantitative estimate of drug-likeness (QED) is 0.215. The van der Waals surface area contributed by atoms with Crippen molar-refractivity contribution >= 4 is 11.9 Å². The molecular weight excluding hydrogens is 459 g/mol. The second kappa shape index (κ2) is 11.5. The molecule has 0 heterocycles. The van der Waals surface area contributed by atoms with Crippen LogP contribution in [0.15, 0.2) is 0 Å². The van der Waals surface area contributed by atoms with E-state index < -0.39 is 58.7 Å². The van der Waals surface area contributed by atoms with Gasteiger partial charge in [-0.2, -0.15) is 18.4 Å². The van der Waals surface area contributed by atoms with Crippen LogP contribution in [0.25, 0.3) is 0 Å². The second-order valence-corrected chi connectivity index (χ2v) is 13.3. The van der Waals surface area contributed by atoms with Crippen LogP contribution in [-0.2, 0) is 19.1 Å². The second-order valence-electron chi connectivity index (χ2n) is 13.3. The maximum absolute atomic E-state index is 13.4. The van der Waals surface area contributed by atoms with E-state index in [1.807, 2.05) is 75.3 Å². The molecule has 0 spiro atoms. The molecule has 204 valence electrons. The third-order valence-corrected chi connectivity index (χ3v) is 7.53. The van der Waals surface area contributed by atoms with Crippen LogP contribution in [0.2, 0.25) is 0 Å². The monoisotopic (exact) mass is 505 g/mol. The molecule has 2 unspecified atom stereocenters. The summed E-state index contributed by atoms with van der Waals surface area (Å²) in [6, 6.07) is 1.95. The van der Waals surface area contributed by atoms with Gasteiger partial charge in [0, 0.05) is 0 Å². The van der Waals surface area contributed by atoms with Crippen LogP contribution in [0.4, 0.5) is 13.2 Å². The van der Waals surface area contributed by atoms with Gasteiger partial charge in [-0.3, -0.25) is 9.59 Å². The first-order chi connectivity index (χ1) is 15.4. The van der Waals surface area contributed by atoms with E-state index in [9.17, 15) is 22.8 Å². The largest absolute Gasteiger partial charge is 0.465 e. The van der Waals surface area contributed by atoms with Crippen LogP contribution in [0.1, 0.15) is 102 Å². The number of nitriles is 1. The van der Waals surface area contributed by atoms with E-state index in [0.29, 0.717) is 12.8 Å². The first-order valence-electron chi connectivity index (χ1n) is 12.2. The molecule has 0 N–H and O–H groups in total. The molecule has 0 bridgehead atoms. The van der Waals surface area contributed by atoms with Crippen molar-refractivity contribution in [1.29, 1.82) is 5.26 Å². The van der Waals surface area contributed by atoms with Crippen molar-refractivity contribution in [1.82, 2.24) is 0 Å². The number of hydrogen-bond donors (Lipinski definition) is 0. The minimum atomic E-state index is -4.42. The van der Waals surface area contributed by atoms with Gasteiger partial charge in [0.25, 0.3) is 0 Å². The van der Waals surface area contributed by atoms with Gasteiger partial charge in [0.1, 0.15) is 6.61 Å². The number of rotatable bonds is 11. The molecule has 2 atom stereocenters. The normalized spacial score (nSPS) is 16.1. The molecule has 0 amide bonds. The molecule has 0 saturated heterocycles. The molecule has 0 aromatic heterocycles. The number of nitrogens with zero attached hydrogens (tertiary/aromatic N) is 1. The number of carbonyl (C=O) groups is 2. The lowest BCUT2D eigenvalue weighted by Gasteiger charge is -2.55. The SMILES string of the molecule is CC(C)(C)CC(C)(C(=O)OCCC(F)(F)F)C(C)(C)C(C)(C)CC(C(=O)OCCC#N)C(C)(C)C. The van der Waals surface area contributed by atoms with Crippen molar-refractivity contribution in [2.24, 2.45) is 33.0 Å². The molecule has 35 heavy (non-hydrogen) atoms. The molecule has 0 aliphatic carbocycles. The van der Waals surface area contributed by atoms with E-state index in [-0.39, 0.29) is 18.4 Å². The zero-order chi connectivity index (χ0) is 28.1. The van der Waals surface area contributed by atoms with Gasteiger partial charge in [-0.1, -0.05) is 69.2 Å². The minimum absolute atomic E-state index is 0.0129. The highest BCUT2D eigenvalue weighted by Crippen LogP contribution is 2.59. The van der Waals surface area contributed by atoms with Crippen LogP contribution in [0.3, 0.4) is 0 Å². The molecule has 0 aromatic rings. The van der Waals surface area contributed by atoms with Gasteiger partial charge in [0.15, 0.2) is 0 Å². The van der Waals surface area contributed by atoms with Crippen LogP contribution >= 0.6 is 0 Å². The van der Waals surface area contributed by atoms with Gasteiger partial charge in [-0.15, -0.1) is 0 Å². The molecular formula is C27H46F3NO4. The predicted octanol–water partition coefficient (Wildman–Crippen LogP) is 7.49. The highest BCUT2D eigenvalue weighted by Gasteiger charge is 2.58. The number of esters is 2. The van der Waals surface area contributed by atoms with E-state index in [2.05, 4.69) is 0 Å². The summed E-state index contributed by atoms with van der Waals surface area (Å²) in [5.74, 6) is -1.59. The van der Waals surface area contributed by atoms with Crippen LogP contribution in [-0.4, -0.2) is 31.3 Å². The van der Waals surface area contributed by atoms with Gasteiger partial charge < -0.3 is 9.47 Å². The molecule has 0 radical (unpaired) electrons. The Morgan fingerprint density at radius 1 is 0.857 bits per heavy atom. The van der Waals surface area contributed by atoms with Gasteiger partial charge in [0.05, 0.1) is 36.9 Å². The Balaban J connectivity index is 6.23. The number of ether oxygens (including phenoxy) is 2. The third kappa shape index (κ3) is 9.65. The molecule has 0 aliphatic heterocycles. The molecule has 0 aliphatic rings. The Labute approximate surface area is 210 Å². The fraction of sp³-hybridized carbons (Fsp3) is 0.889. The molecule has 0 saturated carbocycles. The van der Waals surface area contributed by atoms with Gasteiger partial charge >= 0.3 is 18.1 Å². The summed E-state index contributed by atoms with van der Waals surface area (Å²) in [6.07, 6.45) is -4.75. The van der Waals surface area contributed by atoms with Crippen molar-refractivity contribution < 1.29 is 32.2 Å². The van der Waals surface area contributed by atoms with Crippen LogP contribution < -0.4 is 0 Å². The van der Waals surface area contributed by atoms with E-state index in [1.165, 1.54) is 0 Å². The smallest absolute Gasteiger partial charge is 0.392 e. The Bertz CT molecular complexity index is 767. The zero-order valence-electron chi connectivity index (χ0n) is 23.5. The average molecular weight is 506 g/mol. The standard InChI is InChI=1S/C27H46F3NO4/c1-22(2,3)18-26(11,21(33)35-16-13-27(28,29)30)25(9,10)24(7,8)17-19(23(4,5)6)20(32)34-15-12-14-31/h19H,12-13,15-18H2,1-11H3. The Morgan fingerprint density at radius 2 is 1.37 bits per heavy atom. The van der Waals surface area contributed by atoms with Crippen molar-refractivity contribution in [3.63, 3.8) is 0 Å². The number of hydrogen-bond acceptors (Lipinski definition) is 5. The van der Waals surface area contributed by atoms with Crippen molar-refractivity contribution in [2.45, 2.75) is 108 Å². The maximum atomic E-state index is 13.4. The number of halogens is 3. The molecule has 0 fully saturated rings. The van der Waals surface area contributed by atoms with Crippen molar-refractivity contribution in [3.8, 4) is 6.07 Å². The summed E-state index contributed by atoms with van der Waals surface area (Å²) in [5, 5.41) is 8.76. The summed E-state index contributed by atoms with van der Waals surface area (Å²) in [5.41, 5.74) is -3.30. The summed E-state index contributed by atoms with van der Waals surface area (Å²) >= 11 is 0. The fourth-order valence-corrected chi connectivity index (χ4v) is 4.58. The Hall–Kier alpha value is -1.78. The summed E-state index contributed by atoms with van der Waals surface area (Å²) in [7, 11) is 0. The zero-order valence-corrected chi connectivity index (χ0v) is 23.5. The van der Waals surface area contributed by atoms with Crippen LogP contribution in [0.5, 0.6) is 0 Å². The summed E-state index contributed by atoms with van der Waals surface area (Å²) in [6.45, 7) is 20.6. The maximum Gasteiger partial charge on any atom is 0.392 e. The van der Waals surface area contributed by atoms with Crippen molar-refractivity contribution in [3.05, 3.63) is 0 Å². The molecule has 0 aromatic carbocycles. The fourth-order valence-electron chi connectivity index (χ4n) is 4.58. The first kappa shape index (κ1) is 33.2. The average Bonchev–Trinajstić information content (AvgIpc) is 2.62. The van der Waals surface area contributed by atoms with E-state index >= 15 is 0 Å². The lowest BCUT2D eigenvalue weighted by Crippen LogP contribution is -2.54. The number of alkyl halides is 3. The van der Waals surface area contributed by atoms with Gasteiger partial charge in [0.2, 0.25) is 0 Å². The molecule has 0 rings (SSSR count). The lowest BCUT2D eigenvalue weighted by molar-refractivity contribution is -0.183. The lowest BCUT2D eigenvalue weighted by atomic mass is 9.49. The topological polar surface area (TPSA) is 76.4 Å². The Morgan fingerprint density at radius 3 is 1.77 bits per heavy atom. The minimum Gasteiger partial charge on any atom is -0.465 e. The highest BCUT2D eigenvalue weighted by molar-refractivity contribution is 5.78. The van der Waals surface area contributed by atoms with E-state index in [0.717, 1.165) is 0 Å². The summed E-state index contributed by atoms with van der Waals surface area (Å²) in [4.78, 5) is 26.4. The third-order valence-electron chi connectivity index (χ3n) is 7.53. The van der Waals surface area contributed by atoms with E-state index in [4.69, 9.17) is 14.7 Å². The highest BCUT2D eigenvalue weighted by atomic mass is 19.4. The number of carbonyl (C=O) groups excluding carboxylic acids is 2. The molecule has 8 heteroatoms. The van der Waals surface area contributed by atoms with Gasteiger partial charge in [-0.25, -0.2) is 0 Å². The molecule has 5 nitrogen and oxygen atoms in total. The predicted molar refractivity (Wildman–Crippen MR) is 130 cm³/mol. The van der Waals surface area contributed by atoms with E-state index in [1.54, 1.807) is 6.92 Å². The van der Waals surface area contributed by atoms with Crippen molar-refractivity contribution in [2.75, 3.05) is 13.2 Å². The van der Waals surface area contributed by atoms with Crippen LogP contribution in [0, 0.1) is 44.3 Å². The van der Waals surface area contributed by atoms with Gasteiger partial charge in [-0.05, 0) is 41.4 Å². The summed E-state index contributed by atoms with van der Waals surface area (Å²) < 4.78 is 48.6. The first-order valence-corrected chi connectivity index (χ1v) is 12.2.